The molecule has 4 atom stereocenters. The third kappa shape index (κ3) is 8.41. The fraction of sp³-hybridized carbons (Fsp3) is 0.833. The summed E-state index contributed by atoms with van der Waals surface area (Å²) in [5.41, 5.74) is 0. The predicted octanol–water partition coefficient (Wildman–Crippen LogP) is 6.34. The Balaban J connectivity index is 1.08. The first kappa shape index (κ1) is 27.8. The standard InChI is InChI=1S/C30H48O6/c1-3-17-32-26-11-5-22(6-12-26)21-34-36-29-16-10-24-19-28(15-9-25(24)20-29)35-30(31)23-7-13-27(14-8-23)33-18-4-2/h3-4,22-29H,1-2,5-21H2. The molecule has 0 aromatic rings. The molecule has 0 bridgehead atoms. The molecule has 0 radical (unpaired) electrons. The molecule has 6 nitrogen and oxygen atoms in total. The molecule has 204 valence electrons. The van der Waals surface area contributed by atoms with Crippen LogP contribution in [0.25, 0.3) is 0 Å². The molecule has 4 aliphatic rings. The largest absolute Gasteiger partial charge is 0.462 e. The number of fused-ring (bicyclic) bond motifs is 1. The molecule has 4 fully saturated rings. The summed E-state index contributed by atoms with van der Waals surface area (Å²) in [4.78, 5) is 24.4. The van der Waals surface area contributed by atoms with Crippen molar-refractivity contribution in [1.82, 2.24) is 0 Å². The highest BCUT2D eigenvalue weighted by Crippen LogP contribution is 2.43. The molecular weight excluding hydrogens is 456 g/mol. The Bertz CT molecular complexity index is 679. The first-order valence-corrected chi connectivity index (χ1v) is 14.6. The van der Waals surface area contributed by atoms with Gasteiger partial charge in [0.05, 0.1) is 44.1 Å². The van der Waals surface area contributed by atoms with Gasteiger partial charge in [-0.2, -0.15) is 0 Å². The summed E-state index contributed by atoms with van der Waals surface area (Å²) in [6.07, 6.45) is 19.1. The first-order valence-electron chi connectivity index (χ1n) is 14.6. The van der Waals surface area contributed by atoms with Gasteiger partial charge in [-0.3, -0.25) is 4.79 Å². The van der Waals surface area contributed by atoms with E-state index in [2.05, 4.69) is 13.2 Å². The zero-order valence-electron chi connectivity index (χ0n) is 22.2. The van der Waals surface area contributed by atoms with Crippen LogP contribution in [0.1, 0.15) is 89.9 Å². The second kappa shape index (κ2) is 14.7. The highest BCUT2D eigenvalue weighted by molar-refractivity contribution is 5.72. The van der Waals surface area contributed by atoms with E-state index < -0.39 is 0 Å². The summed E-state index contributed by atoms with van der Waals surface area (Å²) < 4.78 is 17.6. The fourth-order valence-electron chi connectivity index (χ4n) is 6.83. The van der Waals surface area contributed by atoms with Crippen molar-refractivity contribution in [1.29, 1.82) is 0 Å². The monoisotopic (exact) mass is 504 g/mol. The highest BCUT2D eigenvalue weighted by Gasteiger charge is 2.38. The average molecular weight is 505 g/mol. The molecule has 4 rings (SSSR count). The number of hydrogen-bond donors (Lipinski definition) is 0. The second-order valence-electron chi connectivity index (χ2n) is 11.6. The summed E-state index contributed by atoms with van der Waals surface area (Å²) in [6.45, 7) is 9.37. The van der Waals surface area contributed by atoms with E-state index in [0.717, 1.165) is 89.9 Å². The van der Waals surface area contributed by atoms with Gasteiger partial charge in [0.2, 0.25) is 0 Å². The molecule has 0 heterocycles. The van der Waals surface area contributed by atoms with Gasteiger partial charge in [-0.05, 0) is 108 Å². The van der Waals surface area contributed by atoms with Crippen LogP contribution in [0.3, 0.4) is 0 Å². The van der Waals surface area contributed by atoms with Crippen molar-refractivity contribution in [3.63, 3.8) is 0 Å². The number of carbonyl (C=O) groups excluding carboxylic acids is 1. The molecule has 0 aliphatic heterocycles. The SMILES string of the molecule is C=CCOC1CCC(COOC2CCC3CC(OC(=O)C4CCC(OCC=C)CC4)CCC3C2)CC1. The summed E-state index contributed by atoms with van der Waals surface area (Å²) in [5, 5.41) is 0. The van der Waals surface area contributed by atoms with Gasteiger partial charge < -0.3 is 14.2 Å². The maximum Gasteiger partial charge on any atom is 0.309 e. The summed E-state index contributed by atoms with van der Waals surface area (Å²) in [7, 11) is 0. The Kier molecular flexibility index (Phi) is 11.3. The fourth-order valence-corrected chi connectivity index (χ4v) is 6.83. The Labute approximate surface area is 218 Å². The van der Waals surface area contributed by atoms with Gasteiger partial charge in [-0.25, -0.2) is 9.78 Å². The quantitative estimate of drug-likeness (QED) is 0.134. The van der Waals surface area contributed by atoms with E-state index in [0.29, 0.717) is 43.7 Å². The Hall–Kier alpha value is -1.21. The predicted molar refractivity (Wildman–Crippen MR) is 139 cm³/mol. The van der Waals surface area contributed by atoms with Gasteiger partial charge in [0.1, 0.15) is 6.10 Å². The molecule has 4 unspecified atom stereocenters. The van der Waals surface area contributed by atoms with Crippen molar-refractivity contribution in [2.45, 2.75) is 114 Å². The normalized spacial score (nSPS) is 37.0. The van der Waals surface area contributed by atoms with Gasteiger partial charge >= 0.3 is 5.97 Å². The third-order valence-electron chi connectivity index (χ3n) is 9.01. The van der Waals surface area contributed by atoms with Crippen LogP contribution in [0.4, 0.5) is 0 Å². The van der Waals surface area contributed by atoms with Crippen molar-refractivity contribution in [3.05, 3.63) is 25.3 Å². The molecule has 4 aliphatic carbocycles. The van der Waals surface area contributed by atoms with E-state index in [9.17, 15) is 4.79 Å². The number of hydrogen-bond acceptors (Lipinski definition) is 6. The van der Waals surface area contributed by atoms with Gasteiger partial charge in [-0.1, -0.05) is 12.2 Å². The van der Waals surface area contributed by atoms with Gasteiger partial charge in [0, 0.05) is 0 Å². The van der Waals surface area contributed by atoms with Crippen LogP contribution >= 0.6 is 0 Å². The van der Waals surface area contributed by atoms with Crippen LogP contribution < -0.4 is 0 Å². The van der Waals surface area contributed by atoms with E-state index in [-0.39, 0.29) is 30.2 Å². The topological polar surface area (TPSA) is 63.2 Å². The molecule has 0 aromatic carbocycles. The minimum Gasteiger partial charge on any atom is -0.462 e. The molecule has 0 aromatic heterocycles. The number of esters is 1. The van der Waals surface area contributed by atoms with Crippen LogP contribution in [-0.4, -0.2) is 50.2 Å². The number of rotatable bonds is 12. The van der Waals surface area contributed by atoms with Crippen LogP contribution in [0.15, 0.2) is 25.3 Å². The van der Waals surface area contributed by atoms with E-state index in [4.69, 9.17) is 24.0 Å². The van der Waals surface area contributed by atoms with Crippen LogP contribution in [-0.2, 0) is 28.8 Å². The third-order valence-corrected chi connectivity index (χ3v) is 9.01. The maximum atomic E-state index is 12.8. The number of ether oxygens (including phenoxy) is 3. The van der Waals surface area contributed by atoms with Crippen LogP contribution in [0.5, 0.6) is 0 Å². The minimum atomic E-state index is 0.0207. The lowest BCUT2D eigenvalue weighted by Gasteiger charge is -2.41. The number of carbonyl (C=O) groups is 1. The van der Waals surface area contributed by atoms with Gasteiger partial charge in [0.25, 0.3) is 0 Å². The molecule has 36 heavy (non-hydrogen) atoms. The molecule has 4 saturated carbocycles. The van der Waals surface area contributed by atoms with Gasteiger partial charge in [-0.15, -0.1) is 13.2 Å². The Morgan fingerprint density at radius 1 is 0.667 bits per heavy atom. The lowest BCUT2D eigenvalue weighted by atomic mass is 9.69. The van der Waals surface area contributed by atoms with E-state index in [1.807, 2.05) is 6.08 Å². The molecular formula is C30H48O6. The molecule has 0 saturated heterocycles. The van der Waals surface area contributed by atoms with Crippen molar-refractivity contribution in [2.75, 3.05) is 19.8 Å². The lowest BCUT2D eigenvalue weighted by molar-refractivity contribution is -0.339. The van der Waals surface area contributed by atoms with Crippen molar-refractivity contribution in [2.24, 2.45) is 23.7 Å². The summed E-state index contributed by atoms with van der Waals surface area (Å²) >= 11 is 0. The first-order chi connectivity index (χ1) is 17.6. The molecule has 0 amide bonds. The second-order valence-corrected chi connectivity index (χ2v) is 11.6. The Morgan fingerprint density at radius 3 is 1.81 bits per heavy atom. The van der Waals surface area contributed by atoms with E-state index in [1.54, 1.807) is 6.08 Å². The summed E-state index contributed by atoms with van der Waals surface area (Å²) in [6, 6.07) is 0. The smallest absolute Gasteiger partial charge is 0.309 e. The minimum absolute atomic E-state index is 0.0207. The van der Waals surface area contributed by atoms with Crippen LogP contribution in [0.2, 0.25) is 0 Å². The van der Waals surface area contributed by atoms with Crippen molar-refractivity contribution >= 4 is 5.97 Å². The zero-order valence-corrected chi connectivity index (χ0v) is 22.2. The van der Waals surface area contributed by atoms with Crippen LogP contribution in [0, 0.1) is 23.7 Å². The maximum absolute atomic E-state index is 12.8. The van der Waals surface area contributed by atoms with E-state index in [1.165, 1.54) is 0 Å². The summed E-state index contributed by atoms with van der Waals surface area (Å²) in [5.74, 6) is 1.95. The van der Waals surface area contributed by atoms with Crippen molar-refractivity contribution < 1.29 is 28.8 Å². The van der Waals surface area contributed by atoms with Gasteiger partial charge in [0.15, 0.2) is 0 Å². The average Bonchev–Trinajstić information content (AvgIpc) is 2.91. The molecule has 6 heteroatoms. The van der Waals surface area contributed by atoms with Crippen molar-refractivity contribution in [3.8, 4) is 0 Å². The molecule has 0 spiro atoms. The highest BCUT2D eigenvalue weighted by atomic mass is 17.2. The Morgan fingerprint density at radius 2 is 1.19 bits per heavy atom. The molecule has 0 N–H and O–H groups in total. The zero-order chi connectivity index (χ0) is 25.2. The van der Waals surface area contributed by atoms with E-state index >= 15 is 0 Å². The lowest BCUT2D eigenvalue weighted by Crippen LogP contribution is -2.38.